The summed E-state index contributed by atoms with van der Waals surface area (Å²) in [5, 5.41) is 2.91. The Balaban J connectivity index is 2.65. The van der Waals surface area contributed by atoms with Crippen molar-refractivity contribution in [2.24, 2.45) is 0 Å². The molecule has 0 saturated carbocycles. The molecule has 1 amide bonds. The Hall–Kier alpha value is -0.830. The topological polar surface area (TPSA) is 29.1 Å². The van der Waals surface area contributed by atoms with Gasteiger partial charge in [-0.1, -0.05) is 26.3 Å². The highest BCUT2D eigenvalue weighted by atomic mass is 79.9. The third-order valence-electron chi connectivity index (χ3n) is 2.60. The number of carbonyl (C=O) groups excluding carboxylic acids is 1. The summed E-state index contributed by atoms with van der Waals surface area (Å²) in [6.07, 6.45) is 4.95. The minimum atomic E-state index is 0.0782. The van der Waals surface area contributed by atoms with Crippen molar-refractivity contribution in [2.45, 2.75) is 46.0 Å². The first-order valence-corrected chi connectivity index (χ1v) is 7.05. The van der Waals surface area contributed by atoms with Crippen LogP contribution < -0.4 is 5.32 Å². The Morgan fingerprint density at radius 2 is 2.06 bits per heavy atom. The van der Waals surface area contributed by atoms with Crippen molar-refractivity contribution in [3.8, 4) is 0 Å². The van der Waals surface area contributed by atoms with E-state index in [0.717, 1.165) is 23.0 Å². The largest absolute Gasteiger partial charge is 0.325 e. The number of rotatable bonds is 6. The van der Waals surface area contributed by atoms with Gasteiger partial charge in [0.2, 0.25) is 5.91 Å². The van der Waals surface area contributed by atoms with Crippen LogP contribution in [0.5, 0.6) is 0 Å². The smallest absolute Gasteiger partial charge is 0.224 e. The maximum Gasteiger partial charge on any atom is 0.224 e. The molecule has 94 valence electrons. The van der Waals surface area contributed by atoms with Crippen LogP contribution in [-0.4, -0.2) is 5.91 Å². The maximum atomic E-state index is 11.5. The van der Waals surface area contributed by atoms with Crippen molar-refractivity contribution in [2.75, 3.05) is 5.32 Å². The van der Waals surface area contributed by atoms with Gasteiger partial charge in [0.25, 0.3) is 0 Å². The summed E-state index contributed by atoms with van der Waals surface area (Å²) in [6, 6.07) is 6.15. The van der Waals surface area contributed by atoms with Gasteiger partial charge in [-0.25, -0.2) is 0 Å². The zero-order valence-corrected chi connectivity index (χ0v) is 12.1. The molecule has 0 atom stereocenters. The van der Waals surface area contributed by atoms with Crippen LogP contribution in [0.3, 0.4) is 0 Å². The van der Waals surface area contributed by atoms with E-state index < -0.39 is 0 Å². The van der Waals surface area contributed by atoms with Crippen molar-refractivity contribution in [1.82, 2.24) is 0 Å². The van der Waals surface area contributed by atoms with Gasteiger partial charge in [0.05, 0.1) is 5.69 Å². The average Bonchev–Trinajstić information content (AvgIpc) is 2.30. The molecule has 1 rings (SSSR count). The third-order valence-corrected chi connectivity index (χ3v) is 3.26. The second-order valence-electron chi connectivity index (χ2n) is 4.22. The molecule has 0 fully saturated rings. The summed E-state index contributed by atoms with van der Waals surface area (Å²) in [4.78, 5) is 11.5. The summed E-state index contributed by atoms with van der Waals surface area (Å²) in [6.45, 7) is 4.19. The molecule has 0 saturated heterocycles. The third kappa shape index (κ3) is 4.90. The van der Waals surface area contributed by atoms with Gasteiger partial charge >= 0.3 is 0 Å². The molecule has 1 aromatic carbocycles. The molecule has 1 N–H and O–H groups in total. The molecule has 0 aliphatic heterocycles. The second kappa shape index (κ2) is 7.49. The fourth-order valence-corrected chi connectivity index (χ4v) is 2.16. The normalized spacial score (nSPS) is 10.3. The van der Waals surface area contributed by atoms with Crippen molar-refractivity contribution >= 4 is 27.5 Å². The average molecular weight is 298 g/mol. The first-order valence-electron chi connectivity index (χ1n) is 6.25. The molecule has 17 heavy (non-hydrogen) atoms. The quantitative estimate of drug-likeness (QED) is 0.821. The lowest BCUT2D eigenvalue weighted by Gasteiger charge is -2.08. The van der Waals surface area contributed by atoms with E-state index in [4.69, 9.17) is 0 Å². The number of hydrogen-bond donors (Lipinski definition) is 1. The predicted molar refractivity (Wildman–Crippen MR) is 76.3 cm³/mol. The standard InChI is InChI=1S/C14H20BrNO/c1-3-5-7-11-8-9-13(12(15)10-11)16-14(17)6-4-2/h8-10H,3-7H2,1-2H3,(H,16,17). The van der Waals surface area contributed by atoms with Crippen LogP contribution in [0.4, 0.5) is 5.69 Å². The van der Waals surface area contributed by atoms with Crippen LogP contribution in [0, 0.1) is 0 Å². The van der Waals surface area contributed by atoms with E-state index in [1.807, 2.05) is 13.0 Å². The lowest BCUT2D eigenvalue weighted by atomic mass is 10.1. The maximum absolute atomic E-state index is 11.5. The zero-order chi connectivity index (χ0) is 12.7. The molecule has 1 aromatic rings. The van der Waals surface area contributed by atoms with Gasteiger partial charge in [-0.05, 0) is 52.9 Å². The predicted octanol–water partition coefficient (Wildman–Crippen LogP) is 4.53. The Kier molecular flexibility index (Phi) is 6.27. The molecular weight excluding hydrogens is 278 g/mol. The van der Waals surface area contributed by atoms with E-state index in [9.17, 15) is 4.79 Å². The summed E-state index contributed by atoms with van der Waals surface area (Å²) in [7, 11) is 0. The molecule has 2 nitrogen and oxygen atoms in total. The van der Waals surface area contributed by atoms with Gasteiger partial charge in [0, 0.05) is 10.9 Å². The number of carbonyl (C=O) groups is 1. The van der Waals surface area contributed by atoms with E-state index in [-0.39, 0.29) is 5.91 Å². The van der Waals surface area contributed by atoms with Crippen LogP contribution in [0.2, 0.25) is 0 Å². The highest BCUT2D eigenvalue weighted by Gasteiger charge is 2.05. The summed E-state index contributed by atoms with van der Waals surface area (Å²) >= 11 is 3.50. The first-order chi connectivity index (χ1) is 8.17. The minimum absolute atomic E-state index is 0.0782. The summed E-state index contributed by atoms with van der Waals surface area (Å²) in [5.41, 5.74) is 2.18. The van der Waals surface area contributed by atoms with Gasteiger partial charge in [-0.3, -0.25) is 4.79 Å². The van der Waals surface area contributed by atoms with E-state index >= 15 is 0 Å². The van der Waals surface area contributed by atoms with Crippen LogP contribution in [0.15, 0.2) is 22.7 Å². The van der Waals surface area contributed by atoms with E-state index in [1.54, 1.807) is 0 Å². The summed E-state index contributed by atoms with van der Waals surface area (Å²) in [5.74, 6) is 0.0782. The number of hydrogen-bond acceptors (Lipinski definition) is 1. The Morgan fingerprint density at radius 1 is 1.29 bits per heavy atom. The van der Waals surface area contributed by atoms with E-state index in [2.05, 4.69) is 40.3 Å². The number of halogens is 1. The lowest BCUT2D eigenvalue weighted by molar-refractivity contribution is -0.116. The molecule has 0 bridgehead atoms. The number of anilines is 1. The monoisotopic (exact) mass is 297 g/mol. The van der Waals surface area contributed by atoms with Crippen molar-refractivity contribution in [3.05, 3.63) is 28.2 Å². The molecule has 0 heterocycles. The van der Waals surface area contributed by atoms with Crippen LogP contribution >= 0.6 is 15.9 Å². The van der Waals surface area contributed by atoms with Crippen LogP contribution in [0.1, 0.15) is 45.1 Å². The molecule has 0 spiro atoms. The van der Waals surface area contributed by atoms with Crippen molar-refractivity contribution < 1.29 is 4.79 Å². The second-order valence-corrected chi connectivity index (χ2v) is 5.07. The molecule has 3 heteroatoms. The fourth-order valence-electron chi connectivity index (χ4n) is 1.64. The SMILES string of the molecule is CCCCc1ccc(NC(=O)CCC)c(Br)c1. The Morgan fingerprint density at radius 3 is 2.65 bits per heavy atom. The van der Waals surface area contributed by atoms with Gasteiger partial charge < -0.3 is 5.32 Å². The van der Waals surface area contributed by atoms with Crippen LogP contribution in [0.25, 0.3) is 0 Å². The number of unbranched alkanes of at least 4 members (excludes halogenated alkanes) is 1. The molecule has 0 unspecified atom stereocenters. The van der Waals surface area contributed by atoms with Crippen molar-refractivity contribution in [3.63, 3.8) is 0 Å². The van der Waals surface area contributed by atoms with Gasteiger partial charge in [-0.15, -0.1) is 0 Å². The number of benzene rings is 1. The fraction of sp³-hybridized carbons (Fsp3) is 0.500. The lowest BCUT2D eigenvalue weighted by Crippen LogP contribution is -2.11. The van der Waals surface area contributed by atoms with E-state index in [0.29, 0.717) is 6.42 Å². The highest BCUT2D eigenvalue weighted by Crippen LogP contribution is 2.24. The Labute approximate surface area is 112 Å². The highest BCUT2D eigenvalue weighted by molar-refractivity contribution is 9.10. The van der Waals surface area contributed by atoms with Crippen molar-refractivity contribution in [1.29, 1.82) is 0 Å². The summed E-state index contributed by atoms with van der Waals surface area (Å²) < 4.78 is 0.968. The first kappa shape index (κ1) is 14.2. The Bertz CT molecular complexity index is 376. The molecule has 0 aliphatic carbocycles. The van der Waals surface area contributed by atoms with Gasteiger partial charge in [0.15, 0.2) is 0 Å². The van der Waals surface area contributed by atoms with Gasteiger partial charge in [0.1, 0.15) is 0 Å². The molecular formula is C14H20BrNO. The molecule has 0 aliphatic rings. The number of amides is 1. The van der Waals surface area contributed by atoms with Crippen LogP contribution in [-0.2, 0) is 11.2 Å². The molecule has 0 aromatic heterocycles. The number of nitrogens with one attached hydrogen (secondary N) is 1. The van der Waals surface area contributed by atoms with Gasteiger partial charge in [-0.2, -0.15) is 0 Å². The minimum Gasteiger partial charge on any atom is -0.325 e. The number of aryl methyl sites for hydroxylation is 1. The molecule has 0 radical (unpaired) electrons. The zero-order valence-electron chi connectivity index (χ0n) is 10.6. The van der Waals surface area contributed by atoms with E-state index in [1.165, 1.54) is 18.4 Å².